The van der Waals surface area contributed by atoms with E-state index in [-0.39, 0.29) is 17.2 Å². The van der Waals surface area contributed by atoms with Gasteiger partial charge in [-0.3, -0.25) is 14.4 Å². The minimum atomic E-state index is -0.571. The van der Waals surface area contributed by atoms with E-state index in [9.17, 15) is 14.4 Å². The van der Waals surface area contributed by atoms with Crippen LogP contribution in [0.5, 0.6) is 17.2 Å². The molecule has 3 aromatic carbocycles. The molecular formula is C36H44N4O6S. The molecule has 10 nitrogen and oxygen atoms in total. The number of carbonyl (C=O) groups excluding carboxylic acids is 2. The zero-order valence-corrected chi connectivity index (χ0v) is 28.6. The fourth-order valence-electron chi connectivity index (χ4n) is 6.55. The number of carbonyl (C=O) groups is 2. The highest BCUT2D eigenvalue weighted by atomic mass is 32.2. The summed E-state index contributed by atoms with van der Waals surface area (Å²) in [5.41, 5.74) is 4.35. The van der Waals surface area contributed by atoms with Crippen molar-refractivity contribution in [3.63, 3.8) is 0 Å². The fourth-order valence-corrected chi connectivity index (χ4v) is 7.02. The average Bonchev–Trinajstić information content (AvgIpc) is 3.33. The van der Waals surface area contributed by atoms with Gasteiger partial charge in [0.2, 0.25) is 23.0 Å². The summed E-state index contributed by atoms with van der Waals surface area (Å²) in [4.78, 5) is 44.4. The van der Waals surface area contributed by atoms with Crippen molar-refractivity contribution in [3.8, 4) is 28.4 Å². The number of aryl methyl sites for hydroxylation is 1. The topological polar surface area (TPSA) is 109 Å². The number of amides is 2. The second kappa shape index (κ2) is 15.5. The summed E-state index contributed by atoms with van der Waals surface area (Å²) in [5, 5.41) is 6.38. The van der Waals surface area contributed by atoms with E-state index >= 15 is 0 Å². The Bertz CT molecular complexity index is 1640. The monoisotopic (exact) mass is 660 g/mol. The smallest absolute Gasteiger partial charge is 0.245 e. The lowest BCUT2D eigenvalue weighted by Crippen LogP contribution is -2.53. The van der Waals surface area contributed by atoms with Gasteiger partial charge in [-0.25, -0.2) is 0 Å². The van der Waals surface area contributed by atoms with Crippen LogP contribution in [0.4, 0.5) is 11.4 Å². The predicted octanol–water partition coefficient (Wildman–Crippen LogP) is 4.75. The number of anilines is 2. The van der Waals surface area contributed by atoms with Crippen molar-refractivity contribution in [2.24, 2.45) is 0 Å². The largest absolute Gasteiger partial charge is 0.493 e. The van der Waals surface area contributed by atoms with Gasteiger partial charge in [0.15, 0.2) is 11.5 Å². The first kappa shape index (κ1) is 34.0. The normalized spacial score (nSPS) is 16.2. The van der Waals surface area contributed by atoms with Crippen molar-refractivity contribution in [1.29, 1.82) is 0 Å². The lowest BCUT2D eigenvalue weighted by atomic mass is 9.95. The molecule has 2 N–H and O–H groups in total. The molecule has 0 saturated carbocycles. The van der Waals surface area contributed by atoms with Crippen LogP contribution in [0.1, 0.15) is 36.9 Å². The molecule has 1 heterocycles. The molecule has 2 atom stereocenters. The van der Waals surface area contributed by atoms with E-state index in [0.717, 1.165) is 41.2 Å². The number of benzene rings is 2. The zero-order valence-electron chi connectivity index (χ0n) is 27.8. The van der Waals surface area contributed by atoms with Crippen molar-refractivity contribution in [2.75, 3.05) is 69.7 Å². The third-order valence-corrected chi connectivity index (χ3v) is 9.51. The van der Waals surface area contributed by atoms with Gasteiger partial charge in [0.25, 0.3) is 0 Å². The number of rotatable bonds is 11. The number of nitrogens with zero attached hydrogens (tertiary/aromatic N) is 2. The number of hydrogen-bond acceptors (Lipinski definition) is 9. The number of hydrogen-bond donors (Lipinski definition) is 2. The highest BCUT2D eigenvalue weighted by Gasteiger charge is 2.31. The Morgan fingerprint density at radius 2 is 1.68 bits per heavy atom. The van der Waals surface area contributed by atoms with Crippen LogP contribution in [-0.2, 0) is 16.0 Å². The Morgan fingerprint density at radius 3 is 2.32 bits per heavy atom. The Morgan fingerprint density at radius 1 is 0.957 bits per heavy atom. The van der Waals surface area contributed by atoms with E-state index in [1.54, 1.807) is 45.2 Å². The zero-order chi connectivity index (χ0) is 33.5. The fraction of sp³-hybridized carbons (Fsp3) is 0.417. The first-order valence-corrected chi connectivity index (χ1v) is 17.3. The number of thioether (sulfide) groups is 1. The number of methoxy groups -OCH3 is 3. The molecule has 11 heteroatoms. The molecule has 0 spiro atoms. The second-order valence-electron chi connectivity index (χ2n) is 11.7. The van der Waals surface area contributed by atoms with Crippen LogP contribution in [0.2, 0.25) is 0 Å². The van der Waals surface area contributed by atoms with Gasteiger partial charge in [-0.2, -0.15) is 11.8 Å². The molecule has 1 fully saturated rings. The van der Waals surface area contributed by atoms with Crippen molar-refractivity contribution >= 4 is 35.0 Å². The van der Waals surface area contributed by atoms with E-state index < -0.39 is 12.1 Å². The summed E-state index contributed by atoms with van der Waals surface area (Å²) < 4.78 is 17.2. The quantitative estimate of drug-likeness (QED) is 0.301. The predicted molar refractivity (Wildman–Crippen MR) is 188 cm³/mol. The molecule has 1 aliphatic heterocycles. The summed E-state index contributed by atoms with van der Waals surface area (Å²) in [7, 11) is 4.71. The molecule has 0 bridgehead atoms. The molecule has 3 aromatic rings. The summed E-state index contributed by atoms with van der Waals surface area (Å²) in [5.74, 6) is 2.02. The van der Waals surface area contributed by atoms with Crippen LogP contribution in [0.25, 0.3) is 11.1 Å². The van der Waals surface area contributed by atoms with Gasteiger partial charge in [0, 0.05) is 44.4 Å². The van der Waals surface area contributed by atoms with Crippen LogP contribution in [0, 0.1) is 0 Å². The summed E-state index contributed by atoms with van der Waals surface area (Å²) in [6, 6.07) is 16.4. The summed E-state index contributed by atoms with van der Waals surface area (Å²) >= 11 is 1.66. The molecule has 250 valence electrons. The van der Waals surface area contributed by atoms with Crippen LogP contribution in [0.3, 0.4) is 0 Å². The highest BCUT2D eigenvalue weighted by molar-refractivity contribution is 7.98. The maximum absolute atomic E-state index is 13.9. The van der Waals surface area contributed by atoms with Crippen LogP contribution in [0.15, 0.2) is 59.4 Å². The highest BCUT2D eigenvalue weighted by Crippen LogP contribution is 2.50. The first-order valence-electron chi connectivity index (χ1n) is 15.9. The second-order valence-corrected chi connectivity index (χ2v) is 12.7. The van der Waals surface area contributed by atoms with Crippen molar-refractivity contribution in [3.05, 3.63) is 75.9 Å². The lowest BCUT2D eigenvalue weighted by molar-refractivity contribution is -0.132. The molecule has 5 rings (SSSR count). The van der Waals surface area contributed by atoms with Crippen LogP contribution in [-0.4, -0.2) is 82.3 Å². The van der Waals surface area contributed by atoms with E-state index in [1.807, 2.05) is 41.5 Å². The molecule has 2 amide bonds. The lowest BCUT2D eigenvalue weighted by Gasteiger charge is -2.37. The number of ether oxygens (including phenoxy) is 3. The van der Waals surface area contributed by atoms with Crippen molar-refractivity contribution < 1.29 is 23.8 Å². The van der Waals surface area contributed by atoms with Gasteiger partial charge in [-0.1, -0.05) is 24.3 Å². The summed E-state index contributed by atoms with van der Waals surface area (Å²) in [6.07, 6.45) is 3.75. The molecular weight excluding hydrogens is 616 g/mol. The molecule has 1 saturated heterocycles. The minimum absolute atomic E-state index is 0.0146. The number of nitrogens with one attached hydrogen (secondary N) is 2. The van der Waals surface area contributed by atoms with E-state index in [4.69, 9.17) is 14.2 Å². The first-order chi connectivity index (χ1) is 22.8. The maximum atomic E-state index is 13.9. The van der Waals surface area contributed by atoms with Crippen LogP contribution >= 0.6 is 11.8 Å². The van der Waals surface area contributed by atoms with E-state index in [2.05, 4.69) is 27.7 Å². The van der Waals surface area contributed by atoms with Crippen molar-refractivity contribution in [2.45, 2.75) is 38.3 Å². The number of para-hydroxylation sites is 1. The minimum Gasteiger partial charge on any atom is -0.493 e. The number of piperazine rings is 1. The van der Waals surface area contributed by atoms with Crippen molar-refractivity contribution in [1.82, 2.24) is 10.2 Å². The van der Waals surface area contributed by atoms with Gasteiger partial charge in [-0.15, -0.1) is 0 Å². The van der Waals surface area contributed by atoms with Gasteiger partial charge in [0.1, 0.15) is 6.04 Å². The summed E-state index contributed by atoms with van der Waals surface area (Å²) in [6.45, 7) is 4.16. The molecule has 0 aromatic heterocycles. The molecule has 0 unspecified atom stereocenters. The van der Waals surface area contributed by atoms with Crippen LogP contribution < -0.4 is 35.2 Å². The third kappa shape index (κ3) is 7.45. The Hall–Kier alpha value is -4.38. The Balaban J connectivity index is 1.51. The Kier molecular flexibility index (Phi) is 11.2. The van der Waals surface area contributed by atoms with E-state index in [0.29, 0.717) is 60.9 Å². The molecule has 47 heavy (non-hydrogen) atoms. The molecule has 0 radical (unpaired) electrons. The standard InChI is InChI=1S/C36H44N4O6S/c1-23(41)37-28-13-11-24-21-32(44-2)34(45-3)35(46-4)33(24)26-12-14-29(31(42)22-27(26)28)38-30(15-20-47-5)36(43)40-18-16-39(17-19-40)25-9-7-6-8-10-25/h6-10,12,14,21-22,28,30H,11,13,15-20H2,1-5H3,(H,37,41)(H,38,42)/t28-,30+/m1/s1. The molecule has 1 aliphatic carbocycles. The number of fused-ring (bicyclic) bond motifs is 3. The average molecular weight is 661 g/mol. The van der Waals surface area contributed by atoms with Gasteiger partial charge < -0.3 is 34.6 Å². The van der Waals surface area contributed by atoms with Gasteiger partial charge >= 0.3 is 0 Å². The molecule has 2 aliphatic rings. The third-order valence-electron chi connectivity index (χ3n) is 8.87. The SMILES string of the molecule is COc1cc2c(c(OC)c1OC)-c1ccc(N[C@@H](CCSC)C(=O)N3CCN(c4ccccc4)CC3)c(=O)cc1[C@H](NC(C)=O)CC2. The Labute approximate surface area is 280 Å². The van der Waals surface area contributed by atoms with E-state index in [1.165, 1.54) is 6.92 Å². The maximum Gasteiger partial charge on any atom is 0.245 e. The van der Waals surface area contributed by atoms with Gasteiger partial charge in [0.05, 0.1) is 33.1 Å². The van der Waals surface area contributed by atoms with Gasteiger partial charge in [-0.05, 0) is 78.3 Å².